The molecular formula is C39H47F3. The van der Waals surface area contributed by atoms with Crippen molar-refractivity contribution in [2.45, 2.75) is 104 Å². The van der Waals surface area contributed by atoms with Crippen molar-refractivity contribution in [2.75, 3.05) is 0 Å². The number of hydrogen-bond donors (Lipinski definition) is 0. The van der Waals surface area contributed by atoms with Crippen molar-refractivity contribution in [1.82, 2.24) is 0 Å². The molecular weight excluding hydrogens is 525 g/mol. The molecule has 2 aliphatic carbocycles. The van der Waals surface area contributed by atoms with Gasteiger partial charge in [-0.05, 0) is 90.2 Å². The molecule has 0 amide bonds. The Morgan fingerprint density at radius 2 is 1.31 bits per heavy atom. The second-order valence-corrected chi connectivity index (χ2v) is 12.8. The Bertz CT molecular complexity index is 1340. The van der Waals surface area contributed by atoms with Crippen LogP contribution >= 0.6 is 0 Å². The summed E-state index contributed by atoms with van der Waals surface area (Å²) in [7, 11) is 0. The zero-order valence-corrected chi connectivity index (χ0v) is 25.5. The first-order valence-corrected chi connectivity index (χ1v) is 16.5. The van der Waals surface area contributed by atoms with Gasteiger partial charge in [0.15, 0.2) is 11.6 Å². The highest BCUT2D eigenvalue weighted by atomic mass is 19.2. The molecule has 0 aromatic heterocycles. The number of unbranched alkanes of at least 4 members (excludes halogenated alkanes) is 4. The van der Waals surface area contributed by atoms with E-state index in [1.54, 1.807) is 49.4 Å². The molecule has 3 aromatic carbocycles. The maximum absolute atomic E-state index is 15.3. The molecule has 2 aliphatic rings. The molecule has 0 spiro atoms. The van der Waals surface area contributed by atoms with Crippen molar-refractivity contribution >= 4 is 5.57 Å². The predicted molar refractivity (Wildman–Crippen MR) is 171 cm³/mol. The Balaban J connectivity index is 1.16. The number of rotatable bonds is 11. The van der Waals surface area contributed by atoms with E-state index in [1.807, 2.05) is 12.1 Å². The van der Waals surface area contributed by atoms with E-state index in [2.05, 4.69) is 13.0 Å². The quantitative estimate of drug-likeness (QED) is 0.200. The summed E-state index contributed by atoms with van der Waals surface area (Å²) in [6, 6.07) is 15.8. The number of hydrogen-bond acceptors (Lipinski definition) is 0. The smallest absolute Gasteiger partial charge is 0.166 e. The highest BCUT2D eigenvalue weighted by Crippen LogP contribution is 2.42. The van der Waals surface area contributed by atoms with Gasteiger partial charge < -0.3 is 0 Å². The van der Waals surface area contributed by atoms with Crippen molar-refractivity contribution in [3.63, 3.8) is 0 Å². The Morgan fingerprint density at radius 1 is 0.643 bits per heavy atom. The van der Waals surface area contributed by atoms with E-state index in [9.17, 15) is 8.78 Å². The van der Waals surface area contributed by atoms with Crippen LogP contribution in [0.2, 0.25) is 0 Å². The van der Waals surface area contributed by atoms with Gasteiger partial charge in [-0.25, -0.2) is 13.2 Å². The van der Waals surface area contributed by atoms with Gasteiger partial charge in [0.25, 0.3) is 0 Å². The molecule has 0 heterocycles. The average Bonchev–Trinajstić information content (AvgIpc) is 3.03. The lowest BCUT2D eigenvalue weighted by Crippen LogP contribution is -2.23. The summed E-state index contributed by atoms with van der Waals surface area (Å²) in [6.07, 6.45) is 20.1. The van der Waals surface area contributed by atoms with Gasteiger partial charge in [-0.1, -0.05) is 120 Å². The third-order valence-corrected chi connectivity index (χ3v) is 10.1. The summed E-state index contributed by atoms with van der Waals surface area (Å²) in [4.78, 5) is 0. The third kappa shape index (κ3) is 7.21. The van der Waals surface area contributed by atoms with Gasteiger partial charge in [0.05, 0.1) is 0 Å². The SMILES string of the molecule is CCCCCCCC1CCC(C2CC=C(c3ccc(-c4ccc(-c5ccc(CC)c(F)c5F)cc4)c(F)c3)CC2)CC1. The summed E-state index contributed by atoms with van der Waals surface area (Å²) < 4.78 is 44.3. The van der Waals surface area contributed by atoms with Gasteiger partial charge in [-0.3, -0.25) is 0 Å². The second-order valence-electron chi connectivity index (χ2n) is 12.8. The van der Waals surface area contributed by atoms with Crippen LogP contribution in [0.15, 0.2) is 60.7 Å². The van der Waals surface area contributed by atoms with Crippen LogP contribution in [0, 0.1) is 35.2 Å². The Hall–Kier alpha value is -2.81. The molecule has 3 heteroatoms. The molecule has 3 aromatic rings. The maximum atomic E-state index is 15.3. The zero-order valence-electron chi connectivity index (χ0n) is 25.5. The van der Waals surface area contributed by atoms with Crippen LogP contribution in [0.3, 0.4) is 0 Å². The van der Waals surface area contributed by atoms with Crippen LogP contribution in [0.4, 0.5) is 13.2 Å². The number of benzene rings is 3. The topological polar surface area (TPSA) is 0 Å². The minimum absolute atomic E-state index is 0.223. The molecule has 0 aliphatic heterocycles. The van der Waals surface area contributed by atoms with Crippen LogP contribution < -0.4 is 0 Å². The number of allylic oxidation sites excluding steroid dienone is 2. The van der Waals surface area contributed by atoms with Gasteiger partial charge in [-0.2, -0.15) is 0 Å². The van der Waals surface area contributed by atoms with Crippen LogP contribution in [0.1, 0.15) is 108 Å². The third-order valence-electron chi connectivity index (χ3n) is 10.1. The number of halogens is 3. The molecule has 0 saturated heterocycles. The molecule has 224 valence electrons. The van der Waals surface area contributed by atoms with E-state index >= 15 is 4.39 Å². The van der Waals surface area contributed by atoms with E-state index in [4.69, 9.17) is 0 Å². The lowest BCUT2D eigenvalue weighted by Gasteiger charge is -2.35. The minimum atomic E-state index is -0.832. The molecule has 0 bridgehead atoms. The normalized spacial score (nSPS) is 20.9. The summed E-state index contributed by atoms with van der Waals surface area (Å²) in [5.74, 6) is 0.711. The maximum Gasteiger partial charge on any atom is 0.166 e. The average molecular weight is 573 g/mol. The Morgan fingerprint density at radius 3 is 1.95 bits per heavy atom. The summed E-state index contributed by atoms with van der Waals surface area (Å²) in [5, 5.41) is 0. The summed E-state index contributed by atoms with van der Waals surface area (Å²) in [5.41, 5.74) is 4.66. The fraction of sp³-hybridized carbons (Fsp3) is 0.487. The standard InChI is InChI=1S/C39H47F3/c1-3-5-6-7-8-9-27-10-12-29(13-11-27)30-14-16-31(17-15-30)34-23-24-35(37(40)26-34)32-18-20-33(21-19-32)36-25-22-28(4-2)38(41)39(36)42/h16,18-27,29-30H,3-15,17H2,1-2H3. The van der Waals surface area contributed by atoms with Gasteiger partial charge in [0.1, 0.15) is 5.82 Å². The second kappa shape index (κ2) is 14.6. The van der Waals surface area contributed by atoms with E-state index in [1.165, 1.54) is 76.2 Å². The highest BCUT2D eigenvalue weighted by Gasteiger charge is 2.28. The van der Waals surface area contributed by atoms with Crippen LogP contribution in [-0.4, -0.2) is 0 Å². The highest BCUT2D eigenvalue weighted by molar-refractivity contribution is 5.74. The van der Waals surface area contributed by atoms with Gasteiger partial charge in [0, 0.05) is 11.1 Å². The van der Waals surface area contributed by atoms with Crippen molar-refractivity contribution in [2.24, 2.45) is 17.8 Å². The van der Waals surface area contributed by atoms with Crippen molar-refractivity contribution in [3.05, 3.63) is 89.3 Å². The largest absolute Gasteiger partial charge is 0.206 e. The van der Waals surface area contributed by atoms with Gasteiger partial charge in [0.2, 0.25) is 0 Å². The molecule has 0 radical (unpaired) electrons. The first kappa shape index (κ1) is 30.6. The van der Waals surface area contributed by atoms with E-state index in [0.29, 0.717) is 23.1 Å². The molecule has 1 unspecified atom stereocenters. The first-order valence-electron chi connectivity index (χ1n) is 16.5. The zero-order chi connectivity index (χ0) is 29.5. The minimum Gasteiger partial charge on any atom is -0.206 e. The van der Waals surface area contributed by atoms with Gasteiger partial charge in [-0.15, -0.1) is 0 Å². The van der Waals surface area contributed by atoms with Crippen LogP contribution in [0.5, 0.6) is 0 Å². The lowest BCUT2D eigenvalue weighted by atomic mass is 9.70. The Kier molecular flexibility index (Phi) is 10.6. The fourth-order valence-corrected chi connectivity index (χ4v) is 7.39. The van der Waals surface area contributed by atoms with Crippen LogP contribution in [0.25, 0.3) is 27.8 Å². The molecule has 42 heavy (non-hydrogen) atoms. The summed E-state index contributed by atoms with van der Waals surface area (Å²) >= 11 is 0. The van der Waals surface area contributed by atoms with E-state index in [0.717, 1.165) is 41.7 Å². The molecule has 0 N–H and O–H groups in total. The van der Waals surface area contributed by atoms with E-state index in [-0.39, 0.29) is 11.4 Å². The molecule has 5 rings (SSSR count). The summed E-state index contributed by atoms with van der Waals surface area (Å²) in [6.45, 7) is 4.08. The van der Waals surface area contributed by atoms with Gasteiger partial charge >= 0.3 is 0 Å². The molecule has 1 fully saturated rings. The molecule has 0 nitrogen and oxygen atoms in total. The predicted octanol–water partition coefficient (Wildman–Crippen LogP) is 12.4. The van der Waals surface area contributed by atoms with Crippen molar-refractivity contribution in [3.8, 4) is 22.3 Å². The lowest BCUT2D eigenvalue weighted by molar-refractivity contribution is 0.187. The molecule has 1 atom stereocenters. The fourth-order valence-electron chi connectivity index (χ4n) is 7.39. The first-order chi connectivity index (χ1) is 20.5. The van der Waals surface area contributed by atoms with Crippen molar-refractivity contribution in [1.29, 1.82) is 0 Å². The number of aryl methyl sites for hydroxylation is 1. The van der Waals surface area contributed by atoms with Crippen molar-refractivity contribution < 1.29 is 13.2 Å². The molecule has 1 saturated carbocycles. The Labute approximate surface area is 251 Å². The van der Waals surface area contributed by atoms with E-state index < -0.39 is 11.6 Å². The van der Waals surface area contributed by atoms with Crippen LogP contribution in [-0.2, 0) is 6.42 Å². The monoisotopic (exact) mass is 572 g/mol.